The molecule has 2 aromatic heterocycles. The van der Waals surface area contributed by atoms with Crippen LogP contribution >= 0.6 is 0 Å². The fourth-order valence-corrected chi connectivity index (χ4v) is 1.50. The molecule has 0 aliphatic carbocycles. The van der Waals surface area contributed by atoms with Gasteiger partial charge in [-0.3, -0.25) is 9.67 Å². The Kier molecular flexibility index (Phi) is 2.91. The molecule has 2 heterocycles. The minimum absolute atomic E-state index is 0.392. The summed E-state index contributed by atoms with van der Waals surface area (Å²) >= 11 is 0. The molecule has 0 saturated carbocycles. The highest BCUT2D eigenvalue weighted by atomic mass is 19.1. The van der Waals surface area contributed by atoms with Gasteiger partial charge in [0.15, 0.2) is 0 Å². The molecule has 0 saturated heterocycles. The van der Waals surface area contributed by atoms with Crippen molar-refractivity contribution in [3.05, 3.63) is 42.0 Å². The molecule has 0 bridgehead atoms. The summed E-state index contributed by atoms with van der Waals surface area (Å²) in [4.78, 5) is 7.72. The average molecular weight is 221 g/mol. The Morgan fingerprint density at radius 1 is 1.56 bits per heavy atom. The van der Waals surface area contributed by atoms with Crippen molar-refractivity contribution < 1.29 is 4.39 Å². The molecule has 16 heavy (non-hydrogen) atoms. The van der Waals surface area contributed by atoms with Gasteiger partial charge in [0.1, 0.15) is 18.0 Å². The quantitative estimate of drug-likeness (QED) is 0.823. The lowest BCUT2D eigenvalue weighted by Gasteiger charge is -2.11. The molecule has 0 aliphatic rings. The van der Waals surface area contributed by atoms with Crippen molar-refractivity contribution in [2.24, 2.45) is 12.8 Å². The fraction of sp³-hybridized carbons (Fsp3) is 0.300. The first kappa shape index (κ1) is 10.7. The maximum Gasteiger partial charge on any atom is 0.146 e. The summed E-state index contributed by atoms with van der Waals surface area (Å²) in [6, 6.07) is 1.14. The molecule has 84 valence electrons. The monoisotopic (exact) mass is 221 g/mol. The Bertz CT molecular complexity index is 482. The minimum Gasteiger partial charge on any atom is -0.323 e. The molecular formula is C10H12FN5. The number of hydrogen-bond donors (Lipinski definition) is 1. The van der Waals surface area contributed by atoms with E-state index in [9.17, 15) is 4.39 Å². The molecular weight excluding hydrogens is 209 g/mol. The average Bonchev–Trinajstić information content (AvgIpc) is 2.65. The summed E-state index contributed by atoms with van der Waals surface area (Å²) in [5.74, 6) is 0.334. The molecule has 0 aliphatic heterocycles. The van der Waals surface area contributed by atoms with E-state index in [1.807, 2.05) is 0 Å². The summed E-state index contributed by atoms with van der Waals surface area (Å²) in [7, 11) is 1.78. The summed E-state index contributed by atoms with van der Waals surface area (Å²) in [6.45, 7) is 0. The Morgan fingerprint density at radius 3 is 3.00 bits per heavy atom. The molecule has 2 rings (SSSR count). The number of hydrogen-bond acceptors (Lipinski definition) is 4. The first-order valence-electron chi connectivity index (χ1n) is 4.86. The standard InChI is InChI=1S/C10H12FN5/c1-16-10(14-6-15-16)4-9(12)7-2-3-13-5-8(7)11/h2-3,5-6,9H,4,12H2,1H3. The van der Waals surface area contributed by atoms with E-state index in [4.69, 9.17) is 5.73 Å². The number of nitrogens with zero attached hydrogens (tertiary/aromatic N) is 4. The second-order valence-corrected chi connectivity index (χ2v) is 3.51. The fourth-order valence-electron chi connectivity index (χ4n) is 1.50. The molecule has 0 radical (unpaired) electrons. The Hall–Kier alpha value is -1.82. The highest BCUT2D eigenvalue weighted by molar-refractivity contribution is 5.18. The van der Waals surface area contributed by atoms with E-state index < -0.39 is 11.9 Å². The van der Waals surface area contributed by atoms with E-state index in [0.717, 1.165) is 12.0 Å². The normalized spacial score (nSPS) is 12.7. The van der Waals surface area contributed by atoms with Gasteiger partial charge in [0, 0.05) is 31.3 Å². The van der Waals surface area contributed by atoms with Gasteiger partial charge in [-0.05, 0) is 6.07 Å². The van der Waals surface area contributed by atoms with Crippen molar-refractivity contribution >= 4 is 0 Å². The highest BCUT2D eigenvalue weighted by Gasteiger charge is 2.14. The van der Waals surface area contributed by atoms with Crippen LogP contribution in [0, 0.1) is 5.82 Å². The van der Waals surface area contributed by atoms with Crippen LogP contribution in [0.3, 0.4) is 0 Å². The van der Waals surface area contributed by atoms with Gasteiger partial charge in [-0.2, -0.15) is 5.10 Å². The van der Waals surface area contributed by atoms with Crippen molar-refractivity contribution in [2.45, 2.75) is 12.5 Å². The number of aryl methyl sites for hydroxylation is 1. The van der Waals surface area contributed by atoms with Crippen LogP contribution in [0.4, 0.5) is 4.39 Å². The number of aromatic nitrogens is 4. The first-order valence-corrected chi connectivity index (χ1v) is 4.86. The van der Waals surface area contributed by atoms with Gasteiger partial charge in [0.05, 0.1) is 6.20 Å². The number of rotatable bonds is 3. The zero-order valence-electron chi connectivity index (χ0n) is 8.84. The van der Waals surface area contributed by atoms with Crippen molar-refractivity contribution in [2.75, 3.05) is 0 Å². The molecule has 2 aromatic rings. The van der Waals surface area contributed by atoms with Gasteiger partial charge in [0.2, 0.25) is 0 Å². The maximum absolute atomic E-state index is 13.4. The van der Waals surface area contributed by atoms with Crippen LogP contribution in [0.15, 0.2) is 24.8 Å². The molecule has 5 nitrogen and oxygen atoms in total. The van der Waals surface area contributed by atoms with Gasteiger partial charge in [-0.15, -0.1) is 0 Å². The third-order valence-electron chi connectivity index (χ3n) is 2.41. The highest BCUT2D eigenvalue weighted by Crippen LogP contribution is 2.16. The third-order valence-corrected chi connectivity index (χ3v) is 2.41. The predicted molar refractivity (Wildman–Crippen MR) is 55.8 cm³/mol. The van der Waals surface area contributed by atoms with Crippen molar-refractivity contribution in [3.8, 4) is 0 Å². The molecule has 2 N–H and O–H groups in total. The summed E-state index contributed by atoms with van der Waals surface area (Å²) in [5.41, 5.74) is 6.35. The molecule has 1 atom stereocenters. The van der Waals surface area contributed by atoms with E-state index in [0.29, 0.717) is 12.0 Å². The molecule has 0 spiro atoms. The number of pyridine rings is 1. The molecule has 0 amide bonds. The molecule has 6 heteroatoms. The summed E-state index contributed by atoms with van der Waals surface area (Å²) < 4.78 is 15.0. The molecule has 1 unspecified atom stereocenters. The van der Waals surface area contributed by atoms with Crippen LogP contribution in [-0.2, 0) is 13.5 Å². The van der Waals surface area contributed by atoms with E-state index in [2.05, 4.69) is 15.1 Å². The van der Waals surface area contributed by atoms with Gasteiger partial charge in [-0.25, -0.2) is 9.37 Å². The predicted octanol–water partition coefficient (Wildman–Crippen LogP) is 0.592. The van der Waals surface area contributed by atoms with Crippen LogP contribution in [0.1, 0.15) is 17.4 Å². The number of halogens is 1. The van der Waals surface area contributed by atoms with E-state index in [-0.39, 0.29) is 0 Å². The summed E-state index contributed by atoms with van der Waals surface area (Å²) in [5, 5.41) is 3.93. The second-order valence-electron chi connectivity index (χ2n) is 3.51. The molecule has 0 fully saturated rings. The van der Waals surface area contributed by atoms with Crippen LogP contribution in [0.25, 0.3) is 0 Å². The summed E-state index contributed by atoms with van der Waals surface area (Å²) in [6.07, 6.45) is 4.57. The Labute approximate surface area is 92.1 Å². The van der Waals surface area contributed by atoms with Crippen LogP contribution < -0.4 is 5.73 Å². The zero-order chi connectivity index (χ0) is 11.5. The third kappa shape index (κ3) is 2.06. The lowest BCUT2D eigenvalue weighted by atomic mass is 10.1. The minimum atomic E-state index is -0.439. The lowest BCUT2D eigenvalue weighted by molar-refractivity contribution is 0.560. The van der Waals surface area contributed by atoms with E-state index in [1.54, 1.807) is 17.8 Å². The second kappa shape index (κ2) is 4.36. The van der Waals surface area contributed by atoms with Gasteiger partial charge in [0.25, 0.3) is 0 Å². The van der Waals surface area contributed by atoms with Crippen molar-refractivity contribution in [1.82, 2.24) is 19.7 Å². The van der Waals surface area contributed by atoms with Gasteiger partial charge < -0.3 is 5.73 Å². The van der Waals surface area contributed by atoms with Crippen molar-refractivity contribution in [1.29, 1.82) is 0 Å². The van der Waals surface area contributed by atoms with Crippen LogP contribution in [-0.4, -0.2) is 19.7 Å². The molecule has 0 aromatic carbocycles. The smallest absolute Gasteiger partial charge is 0.146 e. The van der Waals surface area contributed by atoms with E-state index in [1.165, 1.54) is 12.5 Å². The Balaban J connectivity index is 2.18. The first-order chi connectivity index (χ1) is 7.68. The zero-order valence-corrected chi connectivity index (χ0v) is 8.84. The Morgan fingerprint density at radius 2 is 2.38 bits per heavy atom. The van der Waals surface area contributed by atoms with Crippen LogP contribution in [0.2, 0.25) is 0 Å². The topological polar surface area (TPSA) is 69.6 Å². The van der Waals surface area contributed by atoms with Crippen molar-refractivity contribution in [3.63, 3.8) is 0 Å². The van der Waals surface area contributed by atoms with Gasteiger partial charge in [-0.1, -0.05) is 0 Å². The SMILES string of the molecule is Cn1ncnc1CC(N)c1ccncc1F. The largest absolute Gasteiger partial charge is 0.323 e. The van der Waals surface area contributed by atoms with E-state index >= 15 is 0 Å². The lowest BCUT2D eigenvalue weighted by Crippen LogP contribution is -2.17. The van der Waals surface area contributed by atoms with Crippen LogP contribution in [0.5, 0.6) is 0 Å². The maximum atomic E-state index is 13.4. The number of nitrogens with two attached hydrogens (primary N) is 1. The van der Waals surface area contributed by atoms with Gasteiger partial charge >= 0.3 is 0 Å².